The summed E-state index contributed by atoms with van der Waals surface area (Å²) in [5.41, 5.74) is 3.48. The topological polar surface area (TPSA) is 76.1 Å². The summed E-state index contributed by atoms with van der Waals surface area (Å²) < 4.78 is 11.9. The van der Waals surface area contributed by atoms with Gasteiger partial charge in [0.25, 0.3) is 11.7 Å². The molecule has 7 heteroatoms. The van der Waals surface area contributed by atoms with Crippen molar-refractivity contribution in [2.75, 3.05) is 20.3 Å². The molecule has 0 aliphatic carbocycles. The summed E-state index contributed by atoms with van der Waals surface area (Å²) in [5, 5.41) is 11.2. The lowest BCUT2D eigenvalue weighted by molar-refractivity contribution is -0.140. The molecule has 4 rings (SSSR count). The van der Waals surface area contributed by atoms with Crippen molar-refractivity contribution in [2.45, 2.75) is 26.0 Å². The van der Waals surface area contributed by atoms with Crippen LogP contribution in [0.2, 0.25) is 0 Å². The number of hydrogen-bond acceptors (Lipinski definition) is 5. The highest BCUT2D eigenvalue weighted by Gasteiger charge is 2.45. The van der Waals surface area contributed by atoms with Crippen molar-refractivity contribution in [3.8, 4) is 5.75 Å². The van der Waals surface area contributed by atoms with Crippen molar-refractivity contribution >= 4 is 33.4 Å². The third-order valence-electron chi connectivity index (χ3n) is 6.09. The summed E-state index contributed by atoms with van der Waals surface area (Å²) in [4.78, 5) is 27.6. The molecule has 0 saturated carbocycles. The zero-order valence-corrected chi connectivity index (χ0v) is 21.8. The van der Waals surface area contributed by atoms with E-state index in [0.717, 1.165) is 21.2 Å². The monoisotopic (exact) mass is 549 g/mol. The van der Waals surface area contributed by atoms with Crippen LogP contribution in [0.15, 0.2) is 82.8 Å². The predicted octanol–water partition coefficient (Wildman–Crippen LogP) is 5.79. The molecule has 1 fully saturated rings. The number of likely N-dealkylation sites (tertiary alicyclic amines) is 1. The van der Waals surface area contributed by atoms with Gasteiger partial charge in [0.15, 0.2) is 0 Å². The number of carbonyl (C=O) groups is 2. The van der Waals surface area contributed by atoms with E-state index in [9.17, 15) is 14.7 Å². The van der Waals surface area contributed by atoms with Crippen LogP contribution in [-0.2, 0) is 20.9 Å². The third-order valence-corrected chi connectivity index (χ3v) is 6.62. The first-order valence-electron chi connectivity index (χ1n) is 11.7. The zero-order chi connectivity index (χ0) is 25.7. The molecule has 0 bridgehead atoms. The number of hydrogen-bond donors (Lipinski definition) is 1. The smallest absolute Gasteiger partial charge is 0.295 e. The molecule has 1 N–H and O–H groups in total. The number of ether oxygens (including phenoxy) is 2. The molecule has 1 aliphatic heterocycles. The first kappa shape index (κ1) is 25.7. The number of methoxy groups -OCH3 is 1. The zero-order valence-electron chi connectivity index (χ0n) is 20.2. The van der Waals surface area contributed by atoms with Crippen molar-refractivity contribution in [3.05, 3.63) is 105 Å². The van der Waals surface area contributed by atoms with E-state index >= 15 is 0 Å². The van der Waals surface area contributed by atoms with Gasteiger partial charge in [-0.25, -0.2) is 0 Å². The molecular formula is C29H28BrNO5. The van der Waals surface area contributed by atoms with Crippen LogP contribution in [0.5, 0.6) is 5.75 Å². The first-order valence-corrected chi connectivity index (χ1v) is 12.5. The summed E-state index contributed by atoms with van der Waals surface area (Å²) in [5.74, 6) is -0.894. The van der Waals surface area contributed by atoms with Gasteiger partial charge in [0.1, 0.15) is 18.1 Å². The van der Waals surface area contributed by atoms with E-state index in [1.807, 2.05) is 49.4 Å². The van der Waals surface area contributed by atoms with Gasteiger partial charge < -0.3 is 19.5 Å². The van der Waals surface area contributed by atoms with Crippen LogP contribution in [0.1, 0.15) is 34.7 Å². The molecule has 1 heterocycles. The van der Waals surface area contributed by atoms with Gasteiger partial charge in [0, 0.05) is 30.3 Å². The molecule has 3 aromatic rings. The van der Waals surface area contributed by atoms with Crippen molar-refractivity contribution < 1.29 is 24.2 Å². The Morgan fingerprint density at radius 3 is 2.42 bits per heavy atom. The number of halogens is 1. The molecule has 1 atom stereocenters. The normalized spacial score (nSPS) is 17.0. The SMILES string of the molecule is COCCCN1C(=O)C(=O)/C(=C(/O)c2ccc(OCc3cccc(C)c3)cc2)C1c1ccc(Br)cc1. The summed E-state index contributed by atoms with van der Waals surface area (Å²) >= 11 is 3.43. The van der Waals surface area contributed by atoms with Crippen LogP contribution in [0.25, 0.3) is 5.76 Å². The van der Waals surface area contributed by atoms with E-state index in [4.69, 9.17) is 9.47 Å². The number of aliphatic hydroxyl groups is 1. The van der Waals surface area contributed by atoms with Gasteiger partial charge in [-0.3, -0.25) is 9.59 Å². The third kappa shape index (κ3) is 5.69. The van der Waals surface area contributed by atoms with Crippen molar-refractivity contribution in [3.63, 3.8) is 0 Å². The van der Waals surface area contributed by atoms with E-state index < -0.39 is 17.7 Å². The number of nitrogens with zero attached hydrogens (tertiary/aromatic N) is 1. The standard InChI is InChI=1S/C29H28BrNO5/c1-19-5-3-6-20(17-19)18-36-24-13-9-22(10-14-24)27(32)25-26(21-7-11-23(30)12-8-21)31(15-4-16-35-2)29(34)28(25)33/h3,5-14,17,26,32H,4,15-16,18H2,1-2H3/b27-25+. The molecule has 6 nitrogen and oxygen atoms in total. The molecule has 1 aliphatic rings. The van der Waals surface area contributed by atoms with E-state index in [2.05, 4.69) is 22.0 Å². The van der Waals surface area contributed by atoms with Gasteiger partial charge in [0.2, 0.25) is 0 Å². The van der Waals surface area contributed by atoms with E-state index in [0.29, 0.717) is 37.5 Å². The van der Waals surface area contributed by atoms with Gasteiger partial charge >= 0.3 is 0 Å². The summed E-state index contributed by atoms with van der Waals surface area (Å²) in [7, 11) is 1.59. The highest BCUT2D eigenvalue weighted by atomic mass is 79.9. The summed E-state index contributed by atoms with van der Waals surface area (Å²) in [6.07, 6.45) is 0.573. The maximum atomic E-state index is 13.1. The second kappa shape index (κ2) is 11.5. The van der Waals surface area contributed by atoms with Crippen molar-refractivity contribution in [2.24, 2.45) is 0 Å². The maximum Gasteiger partial charge on any atom is 0.295 e. The number of amides is 1. The lowest BCUT2D eigenvalue weighted by Gasteiger charge is -2.25. The van der Waals surface area contributed by atoms with Gasteiger partial charge in [-0.1, -0.05) is 57.9 Å². The molecule has 3 aromatic carbocycles. The van der Waals surface area contributed by atoms with E-state index in [1.165, 1.54) is 4.90 Å². The highest BCUT2D eigenvalue weighted by molar-refractivity contribution is 9.10. The van der Waals surface area contributed by atoms with Gasteiger partial charge in [-0.2, -0.15) is 0 Å². The molecule has 1 saturated heterocycles. The second-order valence-electron chi connectivity index (χ2n) is 8.69. The number of aryl methyl sites for hydroxylation is 1. The fraction of sp³-hybridized carbons (Fsp3) is 0.241. The molecule has 0 radical (unpaired) electrons. The van der Waals surface area contributed by atoms with E-state index in [1.54, 1.807) is 31.4 Å². The van der Waals surface area contributed by atoms with Gasteiger partial charge in [-0.15, -0.1) is 0 Å². The molecule has 186 valence electrons. The van der Waals surface area contributed by atoms with Crippen LogP contribution in [0, 0.1) is 6.92 Å². The maximum absolute atomic E-state index is 13.1. The minimum absolute atomic E-state index is 0.0770. The van der Waals surface area contributed by atoms with Crippen LogP contribution in [0.3, 0.4) is 0 Å². The Bertz CT molecular complexity index is 1270. The Balaban J connectivity index is 1.62. The first-order chi connectivity index (χ1) is 17.4. The number of ketones is 1. The number of carbonyl (C=O) groups excluding carboxylic acids is 2. The Labute approximate surface area is 219 Å². The van der Waals surface area contributed by atoms with Crippen LogP contribution in [0.4, 0.5) is 0 Å². The van der Waals surface area contributed by atoms with Crippen molar-refractivity contribution in [1.29, 1.82) is 0 Å². The molecule has 1 unspecified atom stereocenters. The number of rotatable bonds is 9. The fourth-order valence-electron chi connectivity index (χ4n) is 4.31. The largest absolute Gasteiger partial charge is 0.507 e. The molecular weight excluding hydrogens is 522 g/mol. The number of Topliss-reactive ketones (excluding diaryl/α,β-unsaturated/α-hetero) is 1. The van der Waals surface area contributed by atoms with E-state index in [-0.39, 0.29) is 11.3 Å². The lowest BCUT2D eigenvalue weighted by atomic mass is 9.95. The Morgan fingerprint density at radius 2 is 1.75 bits per heavy atom. The Morgan fingerprint density at radius 1 is 1.03 bits per heavy atom. The molecule has 0 spiro atoms. The minimum Gasteiger partial charge on any atom is -0.507 e. The lowest BCUT2D eigenvalue weighted by Crippen LogP contribution is -2.31. The summed E-state index contributed by atoms with van der Waals surface area (Å²) in [6, 6.07) is 21.7. The summed E-state index contributed by atoms with van der Waals surface area (Å²) in [6.45, 7) is 3.24. The van der Waals surface area contributed by atoms with Crippen LogP contribution < -0.4 is 4.74 Å². The Kier molecular flexibility index (Phi) is 8.23. The highest BCUT2D eigenvalue weighted by Crippen LogP contribution is 2.40. The predicted molar refractivity (Wildman–Crippen MR) is 142 cm³/mol. The van der Waals surface area contributed by atoms with Crippen molar-refractivity contribution in [1.82, 2.24) is 4.90 Å². The molecule has 1 amide bonds. The Hall–Kier alpha value is -3.42. The van der Waals surface area contributed by atoms with Gasteiger partial charge in [-0.05, 0) is 60.9 Å². The van der Waals surface area contributed by atoms with Crippen LogP contribution in [-0.4, -0.2) is 42.0 Å². The van der Waals surface area contributed by atoms with Crippen LogP contribution >= 0.6 is 15.9 Å². The quantitative estimate of drug-likeness (QED) is 0.158. The number of benzene rings is 3. The minimum atomic E-state index is -0.697. The average molecular weight is 550 g/mol. The van der Waals surface area contributed by atoms with Gasteiger partial charge in [0.05, 0.1) is 11.6 Å². The molecule has 36 heavy (non-hydrogen) atoms. The molecule has 0 aromatic heterocycles. The number of aliphatic hydroxyl groups excluding tert-OH is 1. The average Bonchev–Trinajstić information content (AvgIpc) is 3.13. The second-order valence-corrected chi connectivity index (χ2v) is 9.61. The fourth-order valence-corrected chi connectivity index (χ4v) is 4.58.